The molecule has 2 aromatic heterocycles. The van der Waals surface area contributed by atoms with Gasteiger partial charge >= 0.3 is 0 Å². The highest BCUT2D eigenvalue weighted by Gasteiger charge is 2.24. The molecule has 0 saturated carbocycles. The Hall–Kier alpha value is -3.28. The molecule has 1 aliphatic rings. The largest absolute Gasteiger partial charge is 0.364 e. The number of hydrogen-bond donors (Lipinski definition) is 1. The molecule has 1 N–H and O–H groups in total. The number of amides is 1. The van der Waals surface area contributed by atoms with Crippen molar-refractivity contribution < 1.29 is 4.79 Å². The zero-order valence-electron chi connectivity index (χ0n) is 14.3. The lowest BCUT2D eigenvalue weighted by Crippen LogP contribution is -2.36. The summed E-state index contributed by atoms with van der Waals surface area (Å²) in [5, 5.41) is 3.19. The summed E-state index contributed by atoms with van der Waals surface area (Å²) in [5.74, 6) is 0.514. The van der Waals surface area contributed by atoms with Gasteiger partial charge in [-0.05, 0) is 36.6 Å². The van der Waals surface area contributed by atoms with Gasteiger partial charge in [0.25, 0.3) is 5.91 Å². The van der Waals surface area contributed by atoms with Crippen LogP contribution in [0.25, 0.3) is 0 Å². The molecule has 0 bridgehead atoms. The Kier molecular flexibility index (Phi) is 4.55. The van der Waals surface area contributed by atoms with Crippen LogP contribution >= 0.6 is 0 Å². The van der Waals surface area contributed by atoms with Crippen molar-refractivity contribution in [2.24, 2.45) is 0 Å². The minimum Gasteiger partial charge on any atom is -0.364 e. The molecule has 130 valence electrons. The van der Waals surface area contributed by atoms with Crippen LogP contribution in [-0.2, 0) is 13.0 Å². The van der Waals surface area contributed by atoms with Crippen LogP contribution in [0.15, 0.2) is 61.1 Å². The topological polar surface area (TPSA) is 71.0 Å². The van der Waals surface area contributed by atoms with Gasteiger partial charge in [0.05, 0.1) is 12.2 Å². The molecule has 0 fully saturated rings. The Morgan fingerprint density at radius 3 is 2.85 bits per heavy atom. The van der Waals surface area contributed by atoms with Crippen LogP contribution in [0.2, 0.25) is 0 Å². The first-order chi connectivity index (χ1) is 12.8. The zero-order chi connectivity index (χ0) is 17.8. The number of aryl methyl sites for hydroxylation is 1. The fraction of sp³-hybridized carbons (Fsp3) is 0.200. The summed E-state index contributed by atoms with van der Waals surface area (Å²) < 4.78 is 0. The van der Waals surface area contributed by atoms with Gasteiger partial charge in [-0.25, -0.2) is 9.97 Å². The van der Waals surface area contributed by atoms with E-state index in [4.69, 9.17) is 0 Å². The number of nitrogens with one attached hydrogen (secondary N) is 1. The Labute approximate surface area is 151 Å². The quantitative estimate of drug-likeness (QED) is 0.787. The van der Waals surface area contributed by atoms with Crippen molar-refractivity contribution in [2.45, 2.75) is 19.4 Å². The number of benzene rings is 1. The van der Waals surface area contributed by atoms with Crippen molar-refractivity contribution in [3.8, 4) is 0 Å². The number of carbonyl (C=O) groups excluding carboxylic acids is 1. The smallest absolute Gasteiger partial charge is 0.277 e. The Morgan fingerprint density at radius 2 is 1.96 bits per heavy atom. The van der Waals surface area contributed by atoms with Crippen molar-refractivity contribution in [1.29, 1.82) is 0 Å². The van der Waals surface area contributed by atoms with Gasteiger partial charge in [-0.1, -0.05) is 24.3 Å². The summed E-state index contributed by atoms with van der Waals surface area (Å²) in [4.78, 5) is 27.5. The van der Waals surface area contributed by atoms with Crippen LogP contribution in [0.4, 0.5) is 11.5 Å². The zero-order valence-corrected chi connectivity index (χ0v) is 14.3. The van der Waals surface area contributed by atoms with E-state index >= 15 is 0 Å². The lowest BCUT2D eigenvalue weighted by molar-refractivity contribution is 0.0980. The molecule has 6 nitrogen and oxygen atoms in total. The van der Waals surface area contributed by atoms with E-state index in [1.807, 2.05) is 41.3 Å². The first kappa shape index (κ1) is 16.2. The molecule has 1 aliphatic heterocycles. The second kappa shape index (κ2) is 7.31. The highest BCUT2D eigenvalue weighted by atomic mass is 16.2. The van der Waals surface area contributed by atoms with Gasteiger partial charge in [-0.15, -0.1) is 0 Å². The molecule has 0 spiro atoms. The fourth-order valence-corrected chi connectivity index (χ4v) is 3.14. The number of anilines is 2. The van der Waals surface area contributed by atoms with E-state index in [1.165, 1.54) is 11.9 Å². The summed E-state index contributed by atoms with van der Waals surface area (Å²) in [5.41, 5.74) is 3.48. The summed E-state index contributed by atoms with van der Waals surface area (Å²) >= 11 is 0. The molecule has 1 aromatic carbocycles. The highest BCUT2D eigenvalue weighted by Crippen LogP contribution is 2.27. The van der Waals surface area contributed by atoms with Crippen LogP contribution in [-0.4, -0.2) is 27.4 Å². The number of nitrogens with zero attached hydrogens (tertiary/aromatic N) is 4. The normalized spacial score (nSPS) is 13.2. The van der Waals surface area contributed by atoms with Crippen LogP contribution < -0.4 is 10.2 Å². The predicted molar refractivity (Wildman–Crippen MR) is 100 cm³/mol. The molecule has 3 aromatic rings. The third-order valence-electron chi connectivity index (χ3n) is 4.42. The molecule has 0 aliphatic carbocycles. The fourth-order valence-electron chi connectivity index (χ4n) is 3.14. The molecule has 0 saturated heterocycles. The molecule has 4 rings (SSSR count). The maximum atomic E-state index is 13.0. The first-order valence-electron chi connectivity index (χ1n) is 8.67. The van der Waals surface area contributed by atoms with Gasteiger partial charge in [-0.2, -0.15) is 0 Å². The predicted octanol–water partition coefficient (Wildman–Crippen LogP) is 3.08. The van der Waals surface area contributed by atoms with E-state index in [9.17, 15) is 4.79 Å². The average molecular weight is 345 g/mol. The minimum atomic E-state index is -0.0968. The van der Waals surface area contributed by atoms with Crippen molar-refractivity contribution in [2.75, 3.05) is 16.8 Å². The van der Waals surface area contributed by atoms with Crippen LogP contribution in [0.3, 0.4) is 0 Å². The van der Waals surface area contributed by atoms with Gasteiger partial charge in [0.2, 0.25) is 0 Å². The summed E-state index contributed by atoms with van der Waals surface area (Å²) in [6, 6.07) is 15.5. The summed E-state index contributed by atoms with van der Waals surface area (Å²) in [7, 11) is 0. The monoisotopic (exact) mass is 345 g/mol. The van der Waals surface area contributed by atoms with E-state index in [0.717, 1.165) is 24.2 Å². The number of carbonyl (C=O) groups is 1. The van der Waals surface area contributed by atoms with Gasteiger partial charge < -0.3 is 10.2 Å². The average Bonchev–Trinajstić information content (AvgIpc) is 2.72. The number of hydrogen-bond acceptors (Lipinski definition) is 5. The number of para-hydroxylation sites is 1. The van der Waals surface area contributed by atoms with Crippen LogP contribution in [0, 0.1) is 0 Å². The first-order valence-corrected chi connectivity index (χ1v) is 8.67. The molecule has 6 heteroatoms. The molecule has 26 heavy (non-hydrogen) atoms. The maximum Gasteiger partial charge on any atom is 0.277 e. The number of aromatic nitrogens is 3. The Bertz CT molecular complexity index is 913. The van der Waals surface area contributed by atoms with Crippen LogP contribution in [0.5, 0.6) is 0 Å². The second-order valence-electron chi connectivity index (χ2n) is 6.15. The summed E-state index contributed by atoms with van der Waals surface area (Å²) in [6.45, 7) is 1.24. The standard InChI is InChI=1S/C20H19N5O/c26-20(25-11-5-7-15-6-1-2-9-18(15)25)17-12-19(24-14-23-17)22-13-16-8-3-4-10-21-16/h1-4,6,8-10,12,14H,5,7,11,13H2,(H,22,23,24). The van der Waals surface area contributed by atoms with Gasteiger partial charge in [-0.3, -0.25) is 9.78 Å². The van der Waals surface area contributed by atoms with Crippen molar-refractivity contribution in [3.63, 3.8) is 0 Å². The Balaban J connectivity index is 1.52. The minimum absolute atomic E-state index is 0.0968. The third-order valence-corrected chi connectivity index (χ3v) is 4.42. The van der Waals surface area contributed by atoms with Gasteiger partial charge in [0.1, 0.15) is 17.8 Å². The third kappa shape index (κ3) is 3.39. The van der Waals surface area contributed by atoms with E-state index in [1.54, 1.807) is 12.3 Å². The van der Waals surface area contributed by atoms with Crippen molar-refractivity contribution >= 4 is 17.4 Å². The van der Waals surface area contributed by atoms with E-state index in [0.29, 0.717) is 24.6 Å². The molecule has 0 radical (unpaired) electrons. The molecular formula is C20H19N5O. The van der Waals surface area contributed by atoms with Crippen molar-refractivity contribution in [3.05, 3.63) is 78.0 Å². The van der Waals surface area contributed by atoms with Crippen molar-refractivity contribution in [1.82, 2.24) is 15.0 Å². The lowest BCUT2D eigenvalue weighted by Gasteiger charge is -2.29. The molecular weight excluding hydrogens is 326 g/mol. The van der Waals surface area contributed by atoms with Crippen LogP contribution in [0.1, 0.15) is 28.2 Å². The highest BCUT2D eigenvalue weighted by molar-refractivity contribution is 6.05. The SMILES string of the molecule is O=C(c1cc(NCc2ccccn2)ncn1)N1CCCc2ccccc21. The maximum absolute atomic E-state index is 13.0. The van der Waals surface area contributed by atoms with E-state index in [-0.39, 0.29) is 5.91 Å². The van der Waals surface area contributed by atoms with E-state index in [2.05, 4.69) is 26.3 Å². The number of pyridine rings is 1. The molecule has 0 atom stereocenters. The van der Waals surface area contributed by atoms with E-state index < -0.39 is 0 Å². The number of fused-ring (bicyclic) bond motifs is 1. The van der Waals surface area contributed by atoms with Gasteiger partial charge in [0, 0.05) is 24.5 Å². The number of rotatable bonds is 4. The molecule has 1 amide bonds. The molecule has 3 heterocycles. The van der Waals surface area contributed by atoms with Gasteiger partial charge in [0.15, 0.2) is 0 Å². The Morgan fingerprint density at radius 1 is 1.08 bits per heavy atom. The summed E-state index contributed by atoms with van der Waals surface area (Å²) in [6.07, 6.45) is 5.13. The molecule has 0 unspecified atom stereocenters. The lowest BCUT2D eigenvalue weighted by atomic mass is 10.0. The second-order valence-corrected chi connectivity index (χ2v) is 6.15.